The Balaban J connectivity index is 2.46. The van der Waals surface area contributed by atoms with Crippen molar-refractivity contribution in [1.82, 2.24) is 0 Å². The van der Waals surface area contributed by atoms with E-state index in [1.165, 1.54) is 30.4 Å². The van der Waals surface area contributed by atoms with Gasteiger partial charge in [-0.1, -0.05) is 57.4 Å². The second-order valence-electron chi connectivity index (χ2n) is 4.20. The summed E-state index contributed by atoms with van der Waals surface area (Å²) in [6, 6.07) is 8.96. The second-order valence-corrected chi connectivity index (χ2v) is 4.20. The molecule has 0 saturated carbocycles. The molecular weight excluding hydrogens is 182 g/mol. The van der Waals surface area contributed by atoms with Crippen molar-refractivity contribution in [2.24, 2.45) is 5.73 Å². The summed E-state index contributed by atoms with van der Waals surface area (Å²) in [6.45, 7) is 4.40. The minimum atomic E-state index is 0.224. The van der Waals surface area contributed by atoms with Crippen molar-refractivity contribution in [2.75, 3.05) is 0 Å². The van der Waals surface area contributed by atoms with E-state index in [0.717, 1.165) is 12.8 Å². The number of benzene rings is 1. The quantitative estimate of drug-likeness (QED) is 0.702. The molecule has 84 valence electrons. The molecule has 1 aromatic rings. The highest BCUT2D eigenvalue weighted by Crippen LogP contribution is 2.17. The summed E-state index contributed by atoms with van der Waals surface area (Å²) >= 11 is 0. The zero-order valence-electron chi connectivity index (χ0n) is 10.00. The number of unbranched alkanes of at least 4 members (excludes halogenated alkanes) is 2. The molecule has 0 fully saturated rings. The Morgan fingerprint density at radius 2 is 1.73 bits per heavy atom. The maximum atomic E-state index is 6.13. The van der Waals surface area contributed by atoms with Gasteiger partial charge in [0, 0.05) is 6.04 Å². The molecule has 1 atom stereocenters. The lowest BCUT2D eigenvalue weighted by atomic mass is 10.00. The highest BCUT2D eigenvalue weighted by molar-refractivity contribution is 5.24. The number of aryl methyl sites for hydroxylation is 1. The van der Waals surface area contributed by atoms with Crippen LogP contribution in [-0.4, -0.2) is 0 Å². The van der Waals surface area contributed by atoms with E-state index in [9.17, 15) is 0 Å². The normalized spacial score (nSPS) is 12.7. The van der Waals surface area contributed by atoms with Crippen molar-refractivity contribution in [3.8, 4) is 0 Å². The molecule has 0 aromatic heterocycles. The average Bonchev–Trinajstić information content (AvgIpc) is 2.29. The zero-order valence-corrected chi connectivity index (χ0v) is 10.00. The summed E-state index contributed by atoms with van der Waals surface area (Å²) in [4.78, 5) is 0. The number of nitrogens with two attached hydrogens (primary N) is 1. The molecule has 0 bridgehead atoms. The van der Waals surface area contributed by atoms with Crippen LogP contribution < -0.4 is 5.73 Å². The van der Waals surface area contributed by atoms with Crippen molar-refractivity contribution < 1.29 is 0 Å². The lowest BCUT2D eigenvalue weighted by Gasteiger charge is -2.12. The standard InChI is InChI=1S/C14H23N/c1-3-5-6-7-14(15)13-10-8-12(4-2)9-11-13/h8-11,14H,3-7,15H2,1-2H3. The monoisotopic (exact) mass is 205 g/mol. The Hall–Kier alpha value is -0.820. The highest BCUT2D eigenvalue weighted by Gasteiger charge is 2.04. The Kier molecular flexibility index (Phi) is 5.41. The third-order valence-corrected chi connectivity index (χ3v) is 2.93. The molecule has 0 aliphatic rings. The first-order valence-electron chi connectivity index (χ1n) is 6.12. The van der Waals surface area contributed by atoms with E-state index in [2.05, 4.69) is 38.1 Å². The average molecular weight is 205 g/mol. The van der Waals surface area contributed by atoms with Crippen LogP contribution in [0.2, 0.25) is 0 Å². The van der Waals surface area contributed by atoms with Crippen LogP contribution in [0.25, 0.3) is 0 Å². The first-order valence-corrected chi connectivity index (χ1v) is 6.12. The van der Waals surface area contributed by atoms with Crippen LogP contribution in [0.5, 0.6) is 0 Å². The SMILES string of the molecule is CCCCCC(N)c1ccc(CC)cc1. The van der Waals surface area contributed by atoms with Gasteiger partial charge in [0.1, 0.15) is 0 Å². The topological polar surface area (TPSA) is 26.0 Å². The molecule has 0 aliphatic heterocycles. The molecule has 0 radical (unpaired) electrons. The Labute approximate surface area is 93.7 Å². The van der Waals surface area contributed by atoms with Crippen LogP contribution in [0.3, 0.4) is 0 Å². The van der Waals surface area contributed by atoms with Crippen molar-refractivity contribution >= 4 is 0 Å². The van der Waals surface area contributed by atoms with Crippen LogP contribution in [-0.2, 0) is 6.42 Å². The Morgan fingerprint density at radius 1 is 1.07 bits per heavy atom. The van der Waals surface area contributed by atoms with Gasteiger partial charge in [-0.15, -0.1) is 0 Å². The molecule has 15 heavy (non-hydrogen) atoms. The van der Waals surface area contributed by atoms with E-state index in [4.69, 9.17) is 5.73 Å². The minimum absolute atomic E-state index is 0.224. The summed E-state index contributed by atoms with van der Waals surface area (Å²) in [5, 5.41) is 0. The van der Waals surface area contributed by atoms with E-state index in [-0.39, 0.29) is 6.04 Å². The summed E-state index contributed by atoms with van der Waals surface area (Å²) in [6.07, 6.45) is 6.01. The van der Waals surface area contributed by atoms with Crippen LogP contribution in [0.1, 0.15) is 56.7 Å². The minimum Gasteiger partial charge on any atom is -0.324 e. The molecule has 0 aliphatic carbocycles. The van der Waals surface area contributed by atoms with Gasteiger partial charge in [-0.3, -0.25) is 0 Å². The third kappa shape index (κ3) is 4.05. The zero-order chi connectivity index (χ0) is 11.1. The van der Waals surface area contributed by atoms with Gasteiger partial charge in [-0.25, -0.2) is 0 Å². The Bertz CT molecular complexity index is 263. The number of rotatable bonds is 6. The van der Waals surface area contributed by atoms with Crippen LogP contribution in [0, 0.1) is 0 Å². The van der Waals surface area contributed by atoms with Crippen LogP contribution in [0.4, 0.5) is 0 Å². The van der Waals surface area contributed by atoms with E-state index in [1.807, 2.05) is 0 Å². The van der Waals surface area contributed by atoms with Gasteiger partial charge >= 0.3 is 0 Å². The van der Waals surface area contributed by atoms with Gasteiger partial charge in [0.25, 0.3) is 0 Å². The molecule has 2 N–H and O–H groups in total. The van der Waals surface area contributed by atoms with Crippen molar-refractivity contribution in [3.63, 3.8) is 0 Å². The van der Waals surface area contributed by atoms with Gasteiger partial charge in [0.2, 0.25) is 0 Å². The predicted octanol–water partition coefficient (Wildman–Crippen LogP) is 3.83. The maximum absolute atomic E-state index is 6.13. The van der Waals surface area contributed by atoms with Gasteiger partial charge < -0.3 is 5.73 Å². The summed E-state index contributed by atoms with van der Waals surface area (Å²) in [7, 11) is 0. The smallest absolute Gasteiger partial charge is 0.0294 e. The fraction of sp³-hybridized carbons (Fsp3) is 0.571. The third-order valence-electron chi connectivity index (χ3n) is 2.93. The van der Waals surface area contributed by atoms with Gasteiger partial charge in [0.15, 0.2) is 0 Å². The van der Waals surface area contributed by atoms with Crippen molar-refractivity contribution in [3.05, 3.63) is 35.4 Å². The molecule has 1 rings (SSSR count). The van der Waals surface area contributed by atoms with Crippen molar-refractivity contribution in [2.45, 2.75) is 52.0 Å². The van der Waals surface area contributed by atoms with Crippen LogP contribution >= 0.6 is 0 Å². The largest absolute Gasteiger partial charge is 0.324 e. The summed E-state index contributed by atoms with van der Waals surface area (Å²) < 4.78 is 0. The first-order chi connectivity index (χ1) is 7.27. The van der Waals surface area contributed by atoms with E-state index in [0.29, 0.717) is 0 Å². The molecule has 1 aromatic carbocycles. The van der Waals surface area contributed by atoms with E-state index >= 15 is 0 Å². The molecular formula is C14H23N. The molecule has 1 nitrogen and oxygen atoms in total. The van der Waals surface area contributed by atoms with Gasteiger partial charge in [-0.2, -0.15) is 0 Å². The fourth-order valence-corrected chi connectivity index (χ4v) is 1.78. The lowest BCUT2D eigenvalue weighted by Crippen LogP contribution is -2.09. The van der Waals surface area contributed by atoms with Crippen molar-refractivity contribution in [1.29, 1.82) is 0 Å². The maximum Gasteiger partial charge on any atom is 0.0294 e. The fourth-order valence-electron chi connectivity index (χ4n) is 1.78. The van der Waals surface area contributed by atoms with Gasteiger partial charge in [-0.05, 0) is 24.0 Å². The van der Waals surface area contributed by atoms with Crippen LogP contribution in [0.15, 0.2) is 24.3 Å². The number of hydrogen-bond donors (Lipinski definition) is 1. The second kappa shape index (κ2) is 6.62. The molecule has 0 heterocycles. The molecule has 1 unspecified atom stereocenters. The highest BCUT2D eigenvalue weighted by atomic mass is 14.6. The Morgan fingerprint density at radius 3 is 2.27 bits per heavy atom. The molecule has 0 saturated heterocycles. The summed E-state index contributed by atoms with van der Waals surface area (Å²) in [5.41, 5.74) is 8.80. The van der Waals surface area contributed by atoms with Gasteiger partial charge in [0.05, 0.1) is 0 Å². The lowest BCUT2D eigenvalue weighted by molar-refractivity contribution is 0.581. The number of hydrogen-bond acceptors (Lipinski definition) is 1. The molecule has 1 heteroatoms. The molecule has 0 spiro atoms. The summed E-state index contributed by atoms with van der Waals surface area (Å²) in [5.74, 6) is 0. The predicted molar refractivity (Wildman–Crippen MR) is 66.9 cm³/mol. The van der Waals surface area contributed by atoms with E-state index < -0.39 is 0 Å². The van der Waals surface area contributed by atoms with E-state index in [1.54, 1.807) is 0 Å². The first kappa shape index (κ1) is 12.3. The molecule has 0 amide bonds.